The third-order valence-corrected chi connectivity index (χ3v) is 4.38. The fourth-order valence-electron chi connectivity index (χ4n) is 2.65. The average Bonchev–Trinajstić information content (AvgIpc) is 2.67. The van der Waals surface area contributed by atoms with Crippen molar-refractivity contribution >= 4 is 34.8 Å². The third-order valence-electron chi connectivity index (χ3n) is 4.05. The molecular formula is C21H26ClN3O3. The van der Waals surface area contributed by atoms with E-state index in [-0.39, 0.29) is 11.8 Å². The number of benzene rings is 2. The summed E-state index contributed by atoms with van der Waals surface area (Å²) in [5.74, 6) is -0.527. The van der Waals surface area contributed by atoms with Crippen LogP contribution in [0, 0.1) is 0 Å². The van der Waals surface area contributed by atoms with Crippen LogP contribution in [-0.4, -0.2) is 45.7 Å². The molecule has 0 radical (unpaired) electrons. The molecule has 6 nitrogen and oxygen atoms in total. The lowest BCUT2D eigenvalue weighted by Gasteiger charge is -2.18. The molecule has 0 spiro atoms. The Balaban J connectivity index is 2.14. The molecule has 2 N–H and O–H groups in total. The van der Waals surface area contributed by atoms with E-state index < -0.39 is 0 Å². The Hall–Kier alpha value is -2.57. The number of anilines is 2. The molecule has 0 unspecified atom stereocenters. The van der Waals surface area contributed by atoms with Gasteiger partial charge in [0.05, 0.1) is 16.1 Å². The van der Waals surface area contributed by atoms with E-state index in [2.05, 4.69) is 10.6 Å². The molecule has 0 aliphatic rings. The molecule has 0 fully saturated rings. The van der Waals surface area contributed by atoms with E-state index in [1.165, 1.54) is 0 Å². The van der Waals surface area contributed by atoms with Crippen molar-refractivity contribution < 1.29 is 14.3 Å². The molecule has 150 valence electrons. The summed E-state index contributed by atoms with van der Waals surface area (Å²) >= 11 is 6.09. The van der Waals surface area contributed by atoms with Crippen LogP contribution < -0.4 is 15.5 Å². The molecule has 0 aliphatic heterocycles. The van der Waals surface area contributed by atoms with Gasteiger partial charge in [0.2, 0.25) is 0 Å². The summed E-state index contributed by atoms with van der Waals surface area (Å²) < 4.78 is 5.28. The van der Waals surface area contributed by atoms with Crippen LogP contribution in [0.3, 0.4) is 0 Å². The molecule has 2 aromatic carbocycles. The van der Waals surface area contributed by atoms with Crippen LogP contribution in [0.5, 0.6) is 0 Å². The maximum Gasteiger partial charge on any atom is 0.257 e. The first-order valence-corrected chi connectivity index (χ1v) is 9.55. The molecule has 0 heterocycles. The molecule has 0 saturated heterocycles. The Morgan fingerprint density at radius 1 is 1.07 bits per heavy atom. The van der Waals surface area contributed by atoms with Crippen LogP contribution in [0.4, 0.5) is 11.4 Å². The summed E-state index contributed by atoms with van der Waals surface area (Å²) in [5, 5.41) is 6.07. The summed E-state index contributed by atoms with van der Waals surface area (Å²) in [5.41, 5.74) is 2.15. The molecule has 2 amide bonds. The molecule has 2 aromatic rings. The number of carbonyl (C=O) groups excluding carboxylic acids is 2. The van der Waals surface area contributed by atoms with Gasteiger partial charge in [-0.2, -0.15) is 0 Å². The van der Waals surface area contributed by atoms with Gasteiger partial charge in [0.15, 0.2) is 0 Å². The molecule has 0 aromatic heterocycles. The monoisotopic (exact) mass is 403 g/mol. The highest BCUT2D eigenvalue weighted by atomic mass is 35.5. The van der Waals surface area contributed by atoms with E-state index >= 15 is 0 Å². The summed E-state index contributed by atoms with van der Waals surface area (Å²) in [7, 11) is 3.73. The standard InChI is InChI=1S/C21H26ClN3O3/c1-4-28-13-7-12-23-20(26)17-14-15(10-11-19(17)25(2)3)24-21(27)16-8-5-6-9-18(16)22/h5-6,8-11,14H,4,7,12-13H2,1-3H3,(H,23,26)(H,24,27). The second-order valence-corrected chi connectivity index (χ2v) is 6.77. The van der Waals surface area contributed by atoms with E-state index in [4.69, 9.17) is 16.3 Å². The van der Waals surface area contributed by atoms with Gasteiger partial charge in [-0.05, 0) is 43.7 Å². The predicted octanol–water partition coefficient (Wildman–Crippen LogP) is 3.81. The summed E-state index contributed by atoms with van der Waals surface area (Å²) in [6, 6.07) is 12.1. The second kappa shape index (κ2) is 10.7. The van der Waals surface area contributed by atoms with E-state index in [9.17, 15) is 9.59 Å². The first-order chi connectivity index (χ1) is 13.4. The maximum atomic E-state index is 12.7. The smallest absolute Gasteiger partial charge is 0.257 e. The van der Waals surface area contributed by atoms with Gasteiger partial charge in [-0.3, -0.25) is 9.59 Å². The number of ether oxygens (including phenoxy) is 1. The van der Waals surface area contributed by atoms with Crippen LogP contribution in [0.15, 0.2) is 42.5 Å². The van der Waals surface area contributed by atoms with Crippen molar-refractivity contribution in [2.75, 3.05) is 44.1 Å². The van der Waals surface area contributed by atoms with Crippen molar-refractivity contribution in [2.45, 2.75) is 13.3 Å². The van der Waals surface area contributed by atoms with Gasteiger partial charge in [-0.25, -0.2) is 0 Å². The van der Waals surface area contributed by atoms with Crippen LogP contribution in [-0.2, 0) is 4.74 Å². The Labute approximate surface area is 170 Å². The average molecular weight is 404 g/mol. The molecule has 2 rings (SSSR count). The summed E-state index contributed by atoms with van der Waals surface area (Å²) in [6.45, 7) is 3.71. The number of hydrogen-bond donors (Lipinski definition) is 2. The minimum Gasteiger partial charge on any atom is -0.382 e. The van der Waals surface area contributed by atoms with Crippen LogP contribution in [0.2, 0.25) is 5.02 Å². The van der Waals surface area contributed by atoms with Gasteiger partial charge in [0.25, 0.3) is 11.8 Å². The number of hydrogen-bond acceptors (Lipinski definition) is 4. The zero-order valence-electron chi connectivity index (χ0n) is 16.4. The minimum absolute atomic E-state index is 0.200. The fraction of sp³-hybridized carbons (Fsp3) is 0.333. The molecule has 0 aliphatic carbocycles. The molecule has 0 atom stereocenters. The second-order valence-electron chi connectivity index (χ2n) is 6.37. The summed E-state index contributed by atoms with van der Waals surface area (Å²) in [4.78, 5) is 27.0. The Kier molecular flexibility index (Phi) is 8.29. The van der Waals surface area contributed by atoms with Crippen molar-refractivity contribution in [1.82, 2.24) is 5.32 Å². The van der Waals surface area contributed by atoms with E-state index in [1.807, 2.05) is 25.9 Å². The predicted molar refractivity (Wildman–Crippen MR) is 114 cm³/mol. The zero-order valence-corrected chi connectivity index (χ0v) is 17.2. The molecule has 7 heteroatoms. The Bertz CT molecular complexity index is 824. The molecule has 28 heavy (non-hydrogen) atoms. The number of nitrogens with one attached hydrogen (secondary N) is 2. The quantitative estimate of drug-likeness (QED) is 0.624. The van der Waals surface area contributed by atoms with Crippen LogP contribution >= 0.6 is 11.6 Å². The number of carbonyl (C=O) groups is 2. The van der Waals surface area contributed by atoms with Crippen molar-refractivity contribution in [3.05, 3.63) is 58.6 Å². The fourth-order valence-corrected chi connectivity index (χ4v) is 2.87. The minimum atomic E-state index is -0.328. The number of amides is 2. The third kappa shape index (κ3) is 5.97. The normalized spacial score (nSPS) is 10.4. The van der Waals surface area contributed by atoms with E-state index in [0.717, 1.165) is 12.1 Å². The maximum absolute atomic E-state index is 12.7. The topological polar surface area (TPSA) is 70.7 Å². The van der Waals surface area contributed by atoms with Gasteiger partial charge >= 0.3 is 0 Å². The molecular weight excluding hydrogens is 378 g/mol. The van der Waals surface area contributed by atoms with Crippen molar-refractivity contribution in [2.24, 2.45) is 0 Å². The van der Waals surface area contributed by atoms with Gasteiger partial charge in [-0.15, -0.1) is 0 Å². The highest BCUT2D eigenvalue weighted by Gasteiger charge is 2.16. The van der Waals surface area contributed by atoms with Gasteiger partial charge in [0.1, 0.15) is 0 Å². The van der Waals surface area contributed by atoms with Crippen molar-refractivity contribution in [3.63, 3.8) is 0 Å². The van der Waals surface area contributed by atoms with Crippen molar-refractivity contribution in [1.29, 1.82) is 0 Å². The Morgan fingerprint density at radius 3 is 2.50 bits per heavy atom. The first-order valence-electron chi connectivity index (χ1n) is 9.17. The van der Waals surface area contributed by atoms with E-state index in [1.54, 1.807) is 42.5 Å². The number of nitrogens with zero attached hydrogens (tertiary/aromatic N) is 1. The lowest BCUT2D eigenvalue weighted by molar-refractivity contribution is 0.0943. The largest absolute Gasteiger partial charge is 0.382 e. The van der Waals surface area contributed by atoms with Crippen LogP contribution in [0.1, 0.15) is 34.1 Å². The SMILES string of the molecule is CCOCCCNC(=O)c1cc(NC(=O)c2ccccc2Cl)ccc1N(C)C. The van der Waals surface area contributed by atoms with Gasteiger partial charge in [-0.1, -0.05) is 23.7 Å². The van der Waals surface area contributed by atoms with Crippen molar-refractivity contribution in [3.8, 4) is 0 Å². The zero-order chi connectivity index (χ0) is 20.5. The van der Waals surface area contributed by atoms with Crippen LogP contribution in [0.25, 0.3) is 0 Å². The van der Waals surface area contributed by atoms with Gasteiger partial charge in [0, 0.05) is 45.2 Å². The van der Waals surface area contributed by atoms with Gasteiger partial charge < -0.3 is 20.3 Å². The number of rotatable bonds is 9. The first kappa shape index (κ1) is 21.7. The highest BCUT2D eigenvalue weighted by Crippen LogP contribution is 2.24. The lowest BCUT2D eigenvalue weighted by atomic mass is 10.1. The molecule has 0 bridgehead atoms. The summed E-state index contributed by atoms with van der Waals surface area (Å²) in [6.07, 6.45) is 0.736. The Morgan fingerprint density at radius 2 is 1.82 bits per heavy atom. The number of halogens is 1. The van der Waals surface area contributed by atoms with E-state index in [0.29, 0.717) is 41.6 Å². The lowest BCUT2D eigenvalue weighted by Crippen LogP contribution is -2.27. The molecule has 0 saturated carbocycles. The highest BCUT2D eigenvalue weighted by molar-refractivity contribution is 6.34.